The topological polar surface area (TPSA) is 58.6 Å². The summed E-state index contributed by atoms with van der Waals surface area (Å²) in [6.07, 6.45) is 6.47. The molecule has 2 aromatic rings. The van der Waals surface area contributed by atoms with Crippen LogP contribution < -0.4 is 15.0 Å². The minimum absolute atomic E-state index is 0.0647. The predicted octanol–water partition coefficient (Wildman–Crippen LogP) is 5.11. The number of likely N-dealkylation sites (N-methyl/N-ethyl adjacent to an activating group) is 1. The summed E-state index contributed by atoms with van der Waals surface area (Å²) in [5.74, 6) is 1.10. The average Bonchev–Trinajstić information content (AvgIpc) is 2.78. The highest BCUT2D eigenvalue weighted by Gasteiger charge is 2.28. The molecule has 0 bridgehead atoms. The van der Waals surface area contributed by atoms with Gasteiger partial charge in [-0.2, -0.15) is 0 Å². The van der Waals surface area contributed by atoms with Crippen molar-refractivity contribution in [3.8, 4) is 5.75 Å². The first-order valence-corrected chi connectivity index (χ1v) is 11.5. The van der Waals surface area contributed by atoms with Crippen LogP contribution in [0.25, 0.3) is 6.08 Å². The highest BCUT2D eigenvalue weighted by molar-refractivity contribution is 8.04. The van der Waals surface area contributed by atoms with E-state index in [1.165, 1.54) is 18.2 Å². The summed E-state index contributed by atoms with van der Waals surface area (Å²) < 4.78 is 5.28. The zero-order chi connectivity index (χ0) is 22.0. The Morgan fingerprint density at radius 3 is 2.77 bits per heavy atom. The minimum Gasteiger partial charge on any atom is -0.497 e. The molecule has 1 saturated carbocycles. The van der Waals surface area contributed by atoms with E-state index in [2.05, 4.69) is 12.2 Å². The van der Waals surface area contributed by atoms with E-state index in [9.17, 15) is 9.59 Å². The van der Waals surface area contributed by atoms with Gasteiger partial charge >= 0.3 is 0 Å². The van der Waals surface area contributed by atoms with Crippen LogP contribution in [0.1, 0.15) is 48.5 Å². The Morgan fingerprint density at radius 2 is 2.00 bits per heavy atom. The molecule has 162 valence electrons. The van der Waals surface area contributed by atoms with Gasteiger partial charge in [0.05, 0.1) is 17.7 Å². The number of amides is 2. The van der Waals surface area contributed by atoms with Gasteiger partial charge in [0.2, 0.25) is 0 Å². The van der Waals surface area contributed by atoms with Crippen molar-refractivity contribution in [3.05, 3.63) is 58.5 Å². The van der Waals surface area contributed by atoms with Crippen molar-refractivity contribution >= 4 is 35.3 Å². The lowest BCUT2D eigenvalue weighted by molar-refractivity contribution is -0.114. The number of thioether (sulfide) groups is 1. The summed E-state index contributed by atoms with van der Waals surface area (Å²) >= 11 is 1.43. The summed E-state index contributed by atoms with van der Waals surface area (Å²) in [6, 6.07) is 13.4. The van der Waals surface area contributed by atoms with Crippen LogP contribution in [-0.4, -0.2) is 32.0 Å². The molecule has 1 heterocycles. The molecule has 31 heavy (non-hydrogen) atoms. The molecule has 2 aromatic carbocycles. The van der Waals surface area contributed by atoms with Crippen molar-refractivity contribution in [1.82, 2.24) is 5.32 Å². The Kier molecular flexibility index (Phi) is 6.37. The van der Waals surface area contributed by atoms with E-state index in [1.807, 2.05) is 48.5 Å². The van der Waals surface area contributed by atoms with Gasteiger partial charge in [0.25, 0.3) is 11.8 Å². The number of nitrogens with zero attached hydrogens (tertiary/aromatic N) is 1. The van der Waals surface area contributed by atoms with E-state index in [1.54, 1.807) is 19.1 Å². The van der Waals surface area contributed by atoms with Crippen LogP contribution in [0.5, 0.6) is 5.75 Å². The zero-order valence-electron chi connectivity index (χ0n) is 18.2. The number of anilines is 1. The monoisotopic (exact) mass is 436 g/mol. The maximum atomic E-state index is 13.0. The lowest BCUT2D eigenvalue weighted by Gasteiger charge is -2.30. The largest absolute Gasteiger partial charge is 0.497 e. The van der Waals surface area contributed by atoms with Crippen molar-refractivity contribution in [1.29, 1.82) is 0 Å². The minimum atomic E-state index is -0.0845. The second kappa shape index (κ2) is 9.18. The third kappa shape index (κ3) is 4.64. The summed E-state index contributed by atoms with van der Waals surface area (Å²) in [6.45, 7) is 2.20. The Labute approximate surface area is 187 Å². The first-order valence-electron chi connectivity index (χ1n) is 10.7. The molecule has 0 aromatic heterocycles. The van der Waals surface area contributed by atoms with E-state index >= 15 is 0 Å². The van der Waals surface area contributed by atoms with Crippen LogP contribution >= 0.6 is 11.8 Å². The number of fused-ring (bicyclic) bond motifs is 1. The molecule has 2 unspecified atom stereocenters. The van der Waals surface area contributed by atoms with Gasteiger partial charge in [-0.05, 0) is 60.7 Å². The molecule has 1 N–H and O–H groups in total. The maximum Gasteiger partial charge on any atom is 0.264 e. The van der Waals surface area contributed by atoms with Crippen LogP contribution in [0, 0.1) is 5.92 Å². The smallest absolute Gasteiger partial charge is 0.264 e. The first-order chi connectivity index (χ1) is 15.0. The summed E-state index contributed by atoms with van der Waals surface area (Å²) in [7, 11) is 3.38. The van der Waals surface area contributed by atoms with Gasteiger partial charge in [0.1, 0.15) is 5.75 Å². The molecular weight excluding hydrogens is 408 g/mol. The number of rotatable bonds is 4. The van der Waals surface area contributed by atoms with E-state index in [0.29, 0.717) is 16.4 Å². The Hall–Kier alpha value is -2.73. The van der Waals surface area contributed by atoms with E-state index in [4.69, 9.17) is 4.74 Å². The summed E-state index contributed by atoms with van der Waals surface area (Å²) in [4.78, 5) is 29.1. The second-order valence-electron chi connectivity index (χ2n) is 8.28. The fourth-order valence-electron chi connectivity index (χ4n) is 4.20. The number of ether oxygens (including phenoxy) is 1. The van der Waals surface area contributed by atoms with E-state index < -0.39 is 0 Å². The zero-order valence-corrected chi connectivity index (χ0v) is 19.0. The number of methoxy groups -OCH3 is 1. The highest BCUT2D eigenvalue weighted by atomic mass is 32.2. The number of benzene rings is 2. The van der Waals surface area contributed by atoms with Crippen LogP contribution in [0.3, 0.4) is 0 Å². The molecule has 1 aliphatic heterocycles. The third-order valence-electron chi connectivity index (χ3n) is 6.14. The van der Waals surface area contributed by atoms with Crippen molar-refractivity contribution in [3.63, 3.8) is 0 Å². The average molecular weight is 437 g/mol. The molecule has 0 spiro atoms. The van der Waals surface area contributed by atoms with Crippen molar-refractivity contribution in [2.75, 3.05) is 19.1 Å². The van der Waals surface area contributed by atoms with Crippen molar-refractivity contribution in [2.45, 2.75) is 43.5 Å². The Balaban J connectivity index is 1.55. The van der Waals surface area contributed by atoms with Gasteiger partial charge in [-0.25, -0.2) is 0 Å². The van der Waals surface area contributed by atoms with Crippen molar-refractivity contribution in [2.24, 2.45) is 5.92 Å². The number of carbonyl (C=O) groups excluding carboxylic acids is 2. The van der Waals surface area contributed by atoms with Gasteiger partial charge in [0.15, 0.2) is 0 Å². The molecule has 5 nitrogen and oxygen atoms in total. The Morgan fingerprint density at radius 1 is 1.19 bits per heavy atom. The SMILES string of the molecule is COc1cccc(/C=C2\Sc3ccc(C(=O)NC4CCCCC4C)cc3N(C)C2=O)c1. The van der Waals surface area contributed by atoms with E-state index in [-0.39, 0.29) is 17.9 Å². The first kappa shape index (κ1) is 21.5. The van der Waals surface area contributed by atoms with Crippen LogP contribution in [0.4, 0.5) is 5.69 Å². The number of hydrogen-bond acceptors (Lipinski definition) is 4. The maximum absolute atomic E-state index is 13.0. The van der Waals surface area contributed by atoms with Gasteiger partial charge in [-0.15, -0.1) is 0 Å². The van der Waals surface area contributed by atoms with Crippen molar-refractivity contribution < 1.29 is 14.3 Å². The molecule has 1 fully saturated rings. The van der Waals surface area contributed by atoms with Crippen LogP contribution in [-0.2, 0) is 4.79 Å². The molecule has 6 heteroatoms. The van der Waals surface area contributed by atoms with Gasteiger partial charge in [-0.1, -0.05) is 43.7 Å². The third-order valence-corrected chi connectivity index (χ3v) is 7.21. The molecule has 0 radical (unpaired) electrons. The molecule has 2 amide bonds. The highest BCUT2D eigenvalue weighted by Crippen LogP contribution is 2.42. The predicted molar refractivity (Wildman–Crippen MR) is 126 cm³/mol. The number of nitrogens with one attached hydrogen (secondary N) is 1. The lowest BCUT2D eigenvalue weighted by Crippen LogP contribution is -2.41. The normalized spacial score (nSPS) is 22.2. The van der Waals surface area contributed by atoms with Gasteiger partial charge in [-0.3, -0.25) is 9.59 Å². The van der Waals surface area contributed by atoms with E-state index in [0.717, 1.165) is 41.2 Å². The molecule has 2 aliphatic rings. The molecule has 4 rings (SSSR count). The fourth-order valence-corrected chi connectivity index (χ4v) is 5.29. The number of carbonyl (C=O) groups is 2. The summed E-state index contributed by atoms with van der Waals surface area (Å²) in [5, 5.41) is 3.20. The molecule has 1 aliphatic carbocycles. The second-order valence-corrected chi connectivity index (χ2v) is 9.36. The van der Waals surface area contributed by atoms with Gasteiger partial charge in [0, 0.05) is 23.5 Å². The fraction of sp³-hybridized carbons (Fsp3) is 0.360. The van der Waals surface area contributed by atoms with Crippen LogP contribution in [0.2, 0.25) is 0 Å². The lowest BCUT2D eigenvalue weighted by atomic mass is 9.86. The molecule has 2 atom stereocenters. The van der Waals surface area contributed by atoms with Gasteiger partial charge < -0.3 is 15.0 Å². The standard InChI is InChI=1S/C25H28N2O3S/c1-16-7-4-5-10-20(16)26-24(28)18-11-12-22-21(15-18)27(2)25(29)23(31-22)14-17-8-6-9-19(13-17)30-3/h6,8-9,11-16,20H,4-5,7,10H2,1-3H3,(H,26,28)/b23-14-. The molecular formula is C25H28N2O3S. The Bertz CT molecular complexity index is 1030. The molecule has 0 saturated heterocycles. The summed E-state index contributed by atoms with van der Waals surface area (Å²) in [5.41, 5.74) is 2.27. The quantitative estimate of drug-likeness (QED) is 0.677. The number of hydrogen-bond donors (Lipinski definition) is 1. The van der Waals surface area contributed by atoms with Crippen LogP contribution in [0.15, 0.2) is 52.3 Å².